The van der Waals surface area contributed by atoms with E-state index >= 15 is 0 Å². The molecule has 1 aliphatic heterocycles. The van der Waals surface area contributed by atoms with Gasteiger partial charge in [0.2, 0.25) is 9.05 Å². The third kappa shape index (κ3) is 2.50. The molecule has 0 saturated carbocycles. The van der Waals surface area contributed by atoms with Crippen LogP contribution in [0, 0.1) is 6.92 Å². The number of rotatable bonds is 2. The first kappa shape index (κ1) is 11.7. The summed E-state index contributed by atoms with van der Waals surface area (Å²) in [6, 6.07) is 5.78. The summed E-state index contributed by atoms with van der Waals surface area (Å²) in [5.41, 5.74) is 1.99. The van der Waals surface area contributed by atoms with Crippen LogP contribution in [0.2, 0.25) is 0 Å². The van der Waals surface area contributed by atoms with Crippen molar-refractivity contribution in [3.8, 4) is 5.75 Å². The Balaban J connectivity index is 2.37. The van der Waals surface area contributed by atoms with E-state index < -0.39 is 9.05 Å². The summed E-state index contributed by atoms with van der Waals surface area (Å²) in [6.07, 6.45) is 0.697. The van der Waals surface area contributed by atoms with Crippen LogP contribution < -0.4 is 4.74 Å². The van der Waals surface area contributed by atoms with Gasteiger partial charge in [-0.1, -0.05) is 18.2 Å². The molecular formula is C11H13ClO3S. The van der Waals surface area contributed by atoms with Crippen LogP contribution in [0.4, 0.5) is 0 Å². The minimum atomic E-state index is -3.46. The third-order valence-corrected chi connectivity index (χ3v) is 3.97. The van der Waals surface area contributed by atoms with Gasteiger partial charge >= 0.3 is 0 Å². The monoisotopic (exact) mass is 260 g/mol. The number of halogens is 1. The van der Waals surface area contributed by atoms with Gasteiger partial charge in [0.25, 0.3) is 0 Å². The highest BCUT2D eigenvalue weighted by molar-refractivity contribution is 8.13. The van der Waals surface area contributed by atoms with Crippen LogP contribution in [0.15, 0.2) is 18.2 Å². The number of hydrogen-bond donors (Lipinski definition) is 0. The lowest BCUT2D eigenvalue weighted by atomic mass is 9.93. The summed E-state index contributed by atoms with van der Waals surface area (Å²) in [7, 11) is 1.84. The smallest absolute Gasteiger partial charge is 0.233 e. The van der Waals surface area contributed by atoms with Crippen LogP contribution in [0.25, 0.3) is 0 Å². The number of hydrogen-bond acceptors (Lipinski definition) is 3. The normalized spacial score (nSPS) is 20.0. The zero-order chi connectivity index (χ0) is 11.8. The van der Waals surface area contributed by atoms with E-state index in [1.807, 2.05) is 25.1 Å². The number of para-hydroxylation sites is 1. The SMILES string of the molecule is Cc1cccc2c1OCCC2CS(=O)(=O)Cl. The van der Waals surface area contributed by atoms with Gasteiger partial charge in [0.1, 0.15) is 5.75 Å². The first-order valence-corrected chi connectivity index (χ1v) is 7.60. The Morgan fingerprint density at radius 2 is 2.25 bits per heavy atom. The van der Waals surface area contributed by atoms with Crippen molar-refractivity contribution in [2.45, 2.75) is 19.3 Å². The minimum absolute atomic E-state index is 0.0195. The van der Waals surface area contributed by atoms with Crippen LogP contribution >= 0.6 is 10.7 Å². The van der Waals surface area contributed by atoms with Crippen molar-refractivity contribution in [2.24, 2.45) is 0 Å². The zero-order valence-electron chi connectivity index (χ0n) is 8.94. The molecule has 0 aromatic heterocycles. The fourth-order valence-corrected chi connectivity index (χ4v) is 3.35. The molecule has 0 saturated heterocycles. The fraction of sp³-hybridized carbons (Fsp3) is 0.455. The molecule has 0 spiro atoms. The van der Waals surface area contributed by atoms with Gasteiger partial charge in [-0.3, -0.25) is 0 Å². The van der Waals surface area contributed by atoms with Crippen molar-refractivity contribution >= 4 is 19.7 Å². The number of ether oxygens (including phenoxy) is 1. The summed E-state index contributed by atoms with van der Waals surface area (Å²) < 4.78 is 27.8. The van der Waals surface area contributed by atoms with Gasteiger partial charge in [-0.05, 0) is 24.5 Å². The van der Waals surface area contributed by atoms with E-state index in [0.29, 0.717) is 13.0 Å². The Morgan fingerprint density at radius 3 is 2.94 bits per heavy atom. The molecule has 0 amide bonds. The molecule has 1 aromatic rings. The molecule has 1 unspecified atom stereocenters. The van der Waals surface area contributed by atoms with Crippen LogP contribution in [0.5, 0.6) is 5.75 Å². The molecule has 0 aliphatic carbocycles. The molecule has 0 bridgehead atoms. The summed E-state index contributed by atoms with van der Waals surface area (Å²) in [5.74, 6) is 0.749. The topological polar surface area (TPSA) is 43.4 Å². The average Bonchev–Trinajstić information content (AvgIpc) is 2.17. The molecule has 1 aromatic carbocycles. The van der Waals surface area contributed by atoms with Crippen LogP contribution in [-0.2, 0) is 9.05 Å². The van der Waals surface area contributed by atoms with Crippen LogP contribution in [0.1, 0.15) is 23.5 Å². The highest BCUT2D eigenvalue weighted by Crippen LogP contribution is 2.36. The first-order chi connectivity index (χ1) is 7.47. The van der Waals surface area contributed by atoms with E-state index in [1.54, 1.807) is 0 Å². The minimum Gasteiger partial charge on any atom is -0.493 e. The highest BCUT2D eigenvalue weighted by Gasteiger charge is 2.26. The number of aryl methyl sites for hydroxylation is 1. The van der Waals surface area contributed by atoms with Gasteiger partial charge in [-0.2, -0.15) is 0 Å². The van der Waals surface area contributed by atoms with Gasteiger partial charge in [0.05, 0.1) is 12.4 Å². The van der Waals surface area contributed by atoms with Crippen molar-refractivity contribution in [1.82, 2.24) is 0 Å². The molecule has 0 fully saturated rings. The molecular weight excluding hydrogens is 248 g/mol. The second kappa shape index (κ2) is 4.26. The predicted molar refractivity (Wildman–Crippen MR) is 63.7 cm³/mol. The molecule has 1 heterocycles. The van der Waals surface area contributed by atoms with E-state index in [0.717, 1.165) is 16.9 Å². The zero-order valence-corrected chi connectivity index (χ0v) is 10.5. The highest BCUT2D eigenvalue weighted by atomic mass is 35.7. The lowest BCUT2D eigenvalue weighted by Crippen LogP contribution is -2.20. The maximum absolute atomic E-state index is 11.1. The first-order valence-electron chi connectivity index (χ1n) is 5.12. The molecule has 1 atom stereocenters. The van der Waals surface area contributed by atoms with Gasteiger partial charge in [0, 0.05) is 16.6 Å². The van der Waals surface area contributed by atoms with E-state index in [1.165, 1.54) is 0 Å². The van der Waals surface area contributed by atoms with Gasteiger partial charge in [-0.25, -0.2) is 8.42 Å². The Morgan fingerprint density at radius 1 is 1.50 bits per heavy atom. The second-order valence-electron chi connectivity index (χ2n) is 4.03. The van der Waals surface area contributed by atoms with Crippen molar-refractivity contribution < 1.29 is 13.2 Å². The Kier molecular flexibility index (Phi) is 3.13. The molecule has 3 nitrogen and oxygen atoms in total. The van der Waals surface area contributed by atoms with E-state index in [9.17, 15) is 8.42 Å². The summed E-state index contributed by atoms with van der Waals surface area (Å²) in [4.78, 5) is 0. The molecule has 5 heteroatoms. The molecule has 0 radical (unpaired) electrons. The van der Waals surface area contributed by atoms with Gasteiger partial charge in [0.15, 0.2) is 0 Å². The standard InChI is InChI=1S/C11H13ClO3S/c1-8-3-2-4-10-9(7-16(12,13)14)5-6-15-11(8)10/h2-4,9H,5-7H2,1H3. The Hall–Kier alpha value is -0.740. The predicted octanol–water partition coefficient (Wildman–Crippen LogP) is 2.43. The van der Waals surface area contributed by atoms with Crippen molar-refractivity contribution in [1.29, 1.82) is 0 Å². The quantitative estimate of drug-likeness (QED) is 0.767. The van der Waals surface area contributed by atoms with E-state index in [-0.39, 0.29) is 11.7 Å². The maximum atomic E-state index is 11.1. The lowest BCUT2D eigenvalue weighted by molar-refractivity contribution is 0.271. The molecule has 16 heavy (non-hydrogen) atoms. The van der Waals surface area contributed by atoms with Gasteiger partial charge < -0.3 is 4.74 Å². The fourth-order valence-electron chi connectivity index (χ4n) is 2.07. The lowest BCUT2D eigenvalue weighted by Gasteiger charge is -2.26. The van der Waals surface area contributed by atoms with E-state index in [2.05, 4.69) is 0 Å². The summed E-state index contributed by atoms with van der Waals surface area (Å²) in [5, 5.41) is 0. The van der Waals surface area contributed by atoms with Crippen molar-refractivity contribution in [3.63, 3.8) is 0 Å². The molecule has 88 valence electrons. The Bertz CT molecular complexity index is 496. The molecule has 0 N–H and O–H groups in total. The summed E-state index contributed by atoms with van der Waals surface area (Å²) in [6.45, 7) is 2.51. The van der Waals surface area contributed by atoms with Crippen molar-refractivity contribution in [2.75, 3.05) is 12.4 Å². The maximum Gasteiger partial charge on any atom is 0.233 e. The second-order valence-corrected chi connectivity index (χ2v) is 6.85. The average molecular weight is 261 g/mol. The molecule has 2 rings (SSSR count). The van der Waals surface area contributed by atoms with E-state index in [4.69, 9.17) is 15.4 Å². The third-order valence-electron chi connectivity index (χ3n) is 2.80. The van der Waals surface area contributed by atoms with Crippen molar-refractivity contribution in [3.05, 3.63) is 29.3 Å². The summed E-state index contributed by atoms with van der Waals surface area (Å²) >= 11 is 0. The largest absolute Gasteiger partial charge is 0.493 e. The Labute approximate surface area is 99.8 Å². The number of benzene rings is 1. The van der Waals surface area contributed by atoms with Crippen LogP contribution in [-0.4, -0.2) is 20.8 Å². The van der Waals surface area contributed by atoms with Crippen LogP contribution in [0.3, 0.4) is 0 Å². The molecule has 1 aliphatic rings. The van der Waals surface area contributed by atoms with Gasteiger partial charge in [-0.15, -0.1) is 0 Å². The number of fused-ring (bicyclic) bond motifs is 1.